The van der Waals surface area contributed by atoms with Crippen LogP contribution in [0.25, 0.3) is 11.5 Å². The van der Waals surface area contributed by atoms with E-state index < -0.39 is 0 Å². The lowest BCUT2D eigenvalue weighted by Gasteiger charge is -2.28. The van der Waals surface area contributed by atoms with Crippen molar-refractivity contribution in [2.24, 2.45) is 5.92 Å². The number of benzene rings is 1. The number of aromatic nitrogens is 1. The van der Waals surface area contributed by atoms with E-state index in [1.54, 1.807) is 6.26 Å². The quantitative estimate of drug-likeness (QED) is 0.791. The zero-order valence-corrected chi connectivity index (χ0v) is 16.6. The van der Waals surface area contributed by atoms with Gasteiger partial charge in [-0.05, 0) is 50.7 Å². The molecule has 2 bridgehead atoms. The van der Waals surface area contributed by atoms with Gasteiger partial charge in [-0.15, -0.1) is 12.4 Å². The fourth-order valence-electron chi connectivity index (χ4n) is 4.26. The van der Waals surface area contributed by atoms with Crippen molar-refractivity contribution in [2.45, 2.75) is 57.5 Å². The summed E-state index contributed by atoms with van der Waals surface area (Å²) in [5, 5.41) is 6.67. The Kier molecular flexibility index (Phi) is 6.55. The number of rotatable bonds is 6. The number of carbonyl (C=O) groups is 1. The van der Waals surface area contributed by atoms with Crippen LogP contribution in [0.3, 0.4) is 0 Å². The van der Waals surface area contributed by atoms with E-state index in [1.807, 2.05) is 24.3 Å². The molecule has 2 aliphatic rings. The maximum Gasteiger partial charge on any atom is 0.226 e. The first-order valence-electron chi connectivity index (χ1n) is 9.70. The van der Waals surface area contributed by atoms with Crippen molar-refractivity contribution in [3.05, 3.63) is 41.8 Å². The van der Waals surface area contributed by atoms with Crippen LogP contribution in [0.4, 0.5) is 0 Å². The summed E-state index contributed by atoms with van der Waals surface area (Å²) in [5.41, 5.74) is 3.07. The smallest absolute Gasteiger partial charge is 0.226 e. The van der Waals surface area contributed by atoms with Crippen molar-refractivity contribution in [1.29, 1.82) is 0 Å². The fraction of sp³-hybridized carbons (Fsp3) is 0.524. The highest BCUT2D eigenvalue weighted by Crippen LogP contribution is 2.32. The van der Waals surface area contributed by atoms with Crippen molar-refractivity contribution < 1.29 is 9.21 Å². The van der Waals surface area contributed by atoms with Gasteiger partial charge in [-0.1, -0.05) is 17.7 Å². The molecular weight excluding hydrogens is 362 g/mol. The lowest BCUT2D eigenvalue weighted by Crippen LogP contribution is -2.39. The van der Waals surface area contributed by atoms with Gasteiger partial charge >= 0.3 is 0 Å². The van der Waals surface area contributed by atoms with Gasteiger partial charge in [-0.2, -0.15) is 0 Å². The topological polar surface area (TPSA) is 67.2 Å². The SMILES string of the molecule is Cc1ccc(-c2nc(CCNC(=O)CC3CC4CCC(C3)N4)co2)cc1.Cl. The average Bonchev–Trinajstić information content (AvgIpc) is 3.22. The number of nitrogens with one attached hydrogen (secondary N) is 2. The molecule has 2 unspecified atom stereocenters. The Hall–Kier alpha value is -1.85. The molecular formula is C21H28ClN3O2. The first-order valence-corrected chi connectivity index (χ1v) is 9.70. The number of carbonyl (C=O) groups excluding carboxylic acids is 1. The normalized spacial score (nSPS) is 23.7. The van der Waals surface area contributed by atoms with Gasteiger partial charge in [-0.3, -0.25) is 4.79 Å². The van der Waals surface area contributed by atoms with E-state index in [0.29, 0.717) is 43.3 Å². The van der Waals surface area contributed by atoms with E-state index in [2.05, 4.69) is 22.5 Å². The predicted molar refractivity (Wildman–Crippen MR) is 108 cm³/mol. The molecule has 1 aromatic heterocycles. The first kappa shape index (κ1) is 19.9. The Bertz CT molecular complexity index is 747. The lowest BCUT2D eigenvalue weighted by molar-refractivity contribution is -0.122. The van der Waals surface area contributed by atoms with E-state index in [4.69, 9.17) is 4.42 Å². The van der Waals surface area contributed by atoms with Crippen molar-refractivity contribution in [1.82, 2.24) is 15.6 Å². The number of nitrogens with zero attached hydrogens (tertiary/aromatic N) is 1. The monoisotopic (exact) mass is 389 g/mol. The van der Waals surface area contributed by atoms with E-state index >= 15 is 0 Å². The maximum atomic E-state index is 12.2. The number of halogens is 1. The molecule has 2 fully saturated rings. The van der Waals surface area contributed by atoms with Crippen molar-refractivity contribution >= 4 is 18.3 Å². The Morgan fingerprint density at radius 3 is 2.63 bits per heavy atom. The Morgan fingerprint density at radius 2 is 1.93 bits per heavy atom. The second-order valence-corrected chi connectivity index (χ2v) is 7.79. The highest BCUT2D eigenvalue weighted by atomic mass is 35.5. The van der Waals surface area contributed by atoms with Crippen LogP contribution in [-0.2, 0) is 11.2 Å². The third-order valence-electron chi connectivity index (χ3n) is 5.60. The van der Waals surface area contributed by atoms with Crippen LogP contribution in [0, 0.1) is 12.8 Å². The van der Waals surface area contributed by atoms with E-state index in [0.717, 1.165) is 24.1 Å². The van der Waals surface area contributed by atoms with Crippen LogP contribution >= 0.6 is 12.4 Å². The molecule has 1 amide bonds. The molecule has 4 rings (SSSR count). The molecule has 2 aromatic rings. The molecule has 6 heteroatoms. The summed E-state index contributed by atoms with van der Waals surface area (Å²) >= 11 is 0. The second-order valence-electron chi connectivity index (χ2n) is 7.79. The van der Waals surface area contributed by atoms with Gasteiger partial charge in [-0.25, -0.2) is 4.98 Å². The third-order valence-corrected chi connectivity index (χ3v) is 5.60. The predicted octanol–water partition coefficient (Wildman–Crippen LogP) is 3.65. The largest absolute Gasteiger partial charge is 0.444 e. The van der Waals surface area contributed by atoms with Crippen LogP contribution in [0.15, 0.2) is 34.9 Å². The van der Waals surface area contributed by atoms with Crippen LogP contribution in [0.5, 0.6) is 0 Å². The van der Waals surface area contributed by atoms with Crippen molar-refractivity contribution in [2.75, 3.05) is 6.54 Å². The minimum Gasteiger partial charge on any atom is -0.444 e. The number of oxazole rings is 1. The Labute approximate surface area is 166 Å². The lowest BCUT2D eigenvalue weighted by atomic mass is 9.89. The van der Waals surface area contributed by atoms with Gasteiger partial charge in [0.05, 0.1) is 5.69 Å². The van der Waals surface area contributed by atoms with Crippen LogP contribution < -0.4 is 10.6 Å². The summed E-state index contributed by atoms with van der Waals surface area (Å²) in [6.07, 6.45) is 7.88. The molecule has 2 N–H and O–H groups in total. The van der Waals surface area contributed by atoms with Crippen molar-refractivity contribution in [3.63, 3.8) is 0 Å². The average molecular weight is 390 g/mol. The van der Waals surface area contributed by atoms with E-state index in [1.165, 1.54) is 18.4 Å². The molecule has 5 nitrogen and oxygen atoms in total. The van der Waals surface area contributed by atoms with E-state index in [-0.39, 0.29) is 18.3 Å². The molecule has 3 heterocycles. The molecule has 2 saturated heterocycles. The number of hydrogen-bond donors (Lipinski definition) is 2. The zero-order valence-electron chi connectivity index (χ0n) is 15.7. The van der Waals surface area contributed by atoms with Crippen molar-refractivity contribution in [3.8, 4) is 11.5 Å². The van der Waals surface area contributed by atoms with Crippen LogP contribution in [0.1, 0.15) is 43.4 Å². The molecule has 146 valence electrons. The molecule has 2 atom stereocenters. The molecule has 1 aromatic carbocycles. The van der Waals surface area contributed by atoms with Gasteiger partial charge in [0.25, 0.3) is 0 Å². The summed E-state index contributed by atoms with van der Waals surface area (Å²) in [6.45, 7) is 2.67. The summed E-state index contributed by atoms with van der Waals surface area (Å²) in [7, 11) is 0. The maximum absolute atomic E-state index is 12.2. The third kappa shape index (κ3) is 5.11. The van der Waals surface area contributed by atoms with Gasteiger partial charge in [0.1, 0.15) is 6.26 Å². The molecule has 2 aliphatic heterocycles. The second kappa shape index (κ2) is 8.89. The van der Waals surface area contributed by atoms with Crippen LogP contribution in [0.2, 0.25) is 0 Å². The number of piperidine rings is 1. The Balaban J connectivity index is 0.00000210. The van der Waals surface area contributed by atoms with Gasteiger partial charge in [0, 0.05) is 37.0 Å². The summed E-state index contributed by atoms with van der Waals surface area (Å²) < 4.78 is 5.57. The summed E-state index contributed by atoms with van der Waals surface area (Å²) in [4.78, 5) is 16.7. The molecule has 27 heavy (non-hydrogen) atoms. The fourth-order valence-corrected chi connectivity index (χ4v) is 4.26. The highest BCUT2D eigenvalue weighted by molar-refractivity contribution is 5.85. The molecule has 0 radical (unpaired) electrons. The molecule has 0 aliphatic carbocycles. The van der Waals surface area contributed by atoms with Crippen LogP contribution in [-0.4, -0.2) is 29.5 Å². The highest BCUT2D eigenvalue weighted by Gasteiger charge is 2.34. The van der Waals surface area contributed by atoms with Gasteiger partial charge in [0.15, 0.2) is 0 Å². The van der Waals surface area contributed by atoms with E-state index in [9.17, 15) is 4.79 Å². The summed E-state index contributed by atoms with van der Waals surface area (Å²) in [5.74, 6) is 1.34. The number of amides is 1. The standard InChI is InChI=1S/C21H27N3O2.ClH/c1-14-2-4-16(5-3-14)21-24-19(13-26-21)8-9-22-20(25)12-15-10-17-6-7-18(11-15)23-17;/h2-5,13,15,17-18,23H,6-12H2,1H3,(H,22,25);1H. The zero-order chi connectivity index (χ0) is 17.9. The van der Waals surface area contributed by atoms with Gasteiger partial charge in [0.2, 0.25) is 11.8 Å². The Morgan fingerprint density at radius 1 is 1.22 bits per heavy atom. The molecule has 0 saturated carbocycles. The minimum absolute atomic E-state index is 0. The number of hydrogen-bond acceptors (Lipinski definition) is 4. The minimum atomic E-state index is 0. The summed E-state index contributed by atoms with van der Waals surface area (Å²) in [6, 6.07) is 9.40. The molecule has 0 spiro atoms. The number of fused-ring (bicyclic) bond motifs is 2. The first-order chi connectivity index (χ1) is 12.7. The van der Waals surface area contributed by atoms with Gasteiger partial charge < -0.3 is 15.1 Å². The number of aryl methyl sites for hydroxylation is 1.